The second kappa shape index (κ2) is 5.15. The Hall–Kier alpha value is -1.05. The van der Waals surface area contributed by atoms with E-state index in [2.05, 4.69) is 31.9 Å². The Bertz CT molecular complexity index is 705. The molecule has 0 radical (unpaired) electrons. The lowest BCUT2D eigenvalue weighted by atomic mass is 10.3. The zero-order valence-electron chi connectivity index (χ0n) is 9.60. The molecule has 0 saturated carbocycles. The molecule has 0 bridgehead atoms. The molecule has 4 N–H and O–H groups in total. The minimum atomic E-state index is -3.59. The average Bonchev–Trinajstić information content (AvgIpc) is 2.35. The number of hydrogen-bond acceptors (Lipinski definition) is 4. The van der Waals surface area contributed by atoms with Crippen LogP contribution >= 0.6 is 31.9 Å². The molecule has 0 aliphatic rings. The highest BCUT2D eigenvalue weighted by atomic mass is 79.9. The summed E-state index contributed by atoms with van der Waals surface area (Å²) >= 11 is 6.47. The smallest absolute Gasteiger partial charge is 0.206 e. The highest BCUT2D eigenvalue weighted by molar-refractivity contribution is 9.11. The number of hydrogen-bond donors (Lipinski definition) is 2. The standard InChI is InChI=1S/C12H10Br2N2O2S/c13-10-5-9(6-11(14)12(10)16)19(17,18)8-3-1-7(15)2-4-8/h1-6H,15-16H2. The SMILES string of the molecule is Nc1ccc(S(=O)(=O)c2cc(Br)c(N)c(Br)c2)cc1. The molecule has 2 rings (SSSR count). The number of halogens is 2. The van der Waals surface area contributed by atoms with E-state index in [4.69, 9.17) is 11.5 Å². The Balaban J connectivity index is 2.60. The van der Waals surface area contributed by atoms with E-state index in [9.17, 15) is 8.42 Å². The summed E-state index contributed by atoms with van der Waals surface area (Å²) in [5, 5.41) is 0. The molecule has 0 saturated heterocycles. The summed E-state index contributed by atoms with van der Waals surface area (Å²) in [5.74, 6) is 0. The first kappa shape index (κ1) is 14.4. The first-order chi connectivity index (χ1) is 8.82. The van der Waals surface area contributed by atoms with Crippen molar-refractivity contribution < 1.29 is 8.42 Å². The largest absolute Gasteiger partial charge is 0.399 e. The molecular formula is C12H10Br2N2O2S. The van der Waals surface area contributed by atoms with Crippen molar-refractivity contribution in [2.24, 2.45) is 0 Å². The Morgan fingerprint density at radius 2 is 1.32 bits per heavy atom. The third kappa shape index (κ3) is 2.77. The Morgan fingerprint density at radius 1 is 0.842 bits per heavy atom. The van der Waals surface area contributed by atoms with Gasteiger partial charge in [0.05, 0.1) is 15.5 Å². The maximum Gasteiger partial charge on any atom is 0.206 e. The van der Waals surface area contributed by atoms with Gasteiger partial charge >= 0.3 is 0 Å². The minimum absolute atomic E-state index is 0.158. The molecule has 100 valence electrons. The zero-order valence-corrected chi connectivity index (χ0v) is 13.6. The molecule has 2 aromatic rings. The van der Waals surface area contributed by atoms with Gasteiger partial charge in [0.25, 0.3) is 0 Å². The van der Waals surface area contributed by atoms with Gasteiger partial charge < -0.3 is 11.5 Å². The third-order valence-electron chi connectivity index (χ3n) is 2.55. The van der Waals surface area contributed by atoms with Crippen LogP contribution in [-0.4, -0.2) is 8.42 Å². The van der Waals surface area contributed by atoms with Crippen molar-refractivity contribution >= 4 is 53.1 Å². The summed E-state index contributed by atoms with van der Waals surface area (Å²) in [6.45, 7) is 0. The van der Waals surface area contributed by atoms with Crippen LogP contribution in [-0.2, 0) is 9.84 Å². The monoisotopic (exact) mass is 404 g/mol. The van der Waals surface area contributed by atoms with E-state index < -0.39 is 9.84 Å². The average molecular weight is 406 g/mol. The van der Waals surface area contributed by atoms with Gasteiger partial charge in [0, 0.05) is 14.6 Å². The van der Waals surface area contributed by atoms with Gasteiger partial charge in [-0.05, 0) is 68.3 Å². The maximum absolute atomic E-state index is 12.4. The van der Waals surface area contributed by atoms with Crippen LogP contribution in [0.1, 0.15) is 0 Å². The summed E-state index contributed by atoms with van der Waals surface area (Å²) in [4.78, 5) is 0.343. The predicted molar refractivity (Wildman–Crippen MR) is 82.6 cm³/mol. The summed E-state index contributed by atoms with van der Waals surface area (Å²) < 4.78 is 25.9. The Labute approximate surface area is 128 Å². The van der Waals surface area contributed by atoms with Gasteiger partial charge in [-0.25, -0.2) is 8.42 Å². The van der Waals surface area contributed by atoms with Crippen LogP contribution in [0.4, 0.5) is 11.4 Å². The molecule has 4 nitrogen and oxygen atoms in total. The topological polar surface area (TPSA) is 86.2 Å². The van der Waals surface area contributed by atoms with Crippen molar-refractivity contribution in [3.05, 3.63) is 45.3 Å². The minimum Gasteiger partial charge on any atom is -0.399 e. The van der Waals surface area contributed by atoms with Gasteiger partial charge in [0.2, 0.25) is 9.84 Å². The quantitative estimate of drug-likeness (QED) is 0.751. The van der Waals surface area contributed by atoms with Crippen molar-refractivity contribution in [2.45, 2.75) is 9.79 Å². The zero-order chi connectivity index (χ0) is 14.2. The van der Waals surface area contributed by atoms with E-state index in [1.54, 1.807) is 12.1 Å². The van der Waals surface area contributed by atoms with E-state index >= 15 is 0 Å². The van der Waals surface area contributed by atoms with Crippen molar-refractivity contribution in [1.82, 2.24) is 0 Å². The number of sulfone groups is 1. The van der Waals surface area contributed by atoms with E-state index in [0.29, 0.717) is 20.3 Å². The summed E-state index contributed by atoms with van der Waals surface area (Å²) in [5.41, 5.74) is 12.3. The lowest BCUT2D eigenvalue weighted by Gasteiger charge is -2.08. The fourth-order valence-electron chi connectivity index (χ4n) is 1.50. The second-order valence-corrected chi connectivity index (χ2v) is 7.53. The molecule has 0 unspecified atom stereocenters. The fraction of sp³-hybridized carbons (Fsp3) is 0. The number of nitrogens with two attached hydrogens (primary N) is 2. The van der Waals surface area contributed by atoms with Gasteiger partial charge in [0.15, 0.2) is 0 Å². The van der Waals surface area contributed by atoms with Crippen LogP contribution in [0.25, 0.3) is 0 Å². The lowest BCUT2D eigenvalue weighted by molar-refractivity contribution is 0.596. The van der Waals surface area contributed by atoms with E-state index in [-0.39, 0.29) is 9.79 Å². The number of nitrogen functional groups attached to an aromatic ring is 2. The summed E-state index contributed by atoms with van der Waals surface area (Å²) in [6.07, 6.45) is 0. The molecule has 19 heavy (non-hydrogen) atoms. The predicted octanol–water partition coefficient (Wildman–Crippen LogP) is 3.21. The molecule has 0 spiro atoms. The molecule has 2 aromatic carbocycles. The molecule has 0 fully saturated rings. The first-order valence-electron chi connectivity index (χ1n) is 5.17. The second-order valence-electron chi connectivity index (χ2n) is 3.87. The van der Waals surface area contributed by atoms with Crippen LogP contribution < -0.4 is 11.5 Å². The molecule has 0 amide bonds. The maximum atomic E-state index is 12.4. The van der Waals surface area contributed by atoms with Gasteiger partial charge in [-0.2, -0.15) is 0 Å². The number of benzene rings is 2. The number of anilines is 2. The molecule has 0 aromatic heterocycles. The molecule has 0 heterocycles. The molecule has 0 aliphatic heterocycles. The third-order valence-corrected chi connectivity index (χ3v) is 5.61. The molecule has 0 aliphatic carbocycles. The van der Waals surface area contributed by atoms with Gasteiger partial charge in [-0.15, -0.1) is 0 Å². The first-order valence-corrected chi connectivity index (χ1v) is 8.24. The van der Waals surface area contributed by atoms with Crippen LogP contribution in [0.15, 0.2) is 55.1 Å². The van der Waals surface area contributed by atoms with E-state index in [0.717, 1.165) is 0 Å². The lowest BCUT2D eigenvalue weighted by Crippen LogP contribution is -2.03. The summed E-state index contributed by atoms with van der Waals surface area (Å²) in [6, 6.07) is 9.01. The molecule has 0 atom stereocenters. The Morgan fingerprint density at radius 3 is 1.79 bits per heavy atom. The number of rotatable bonds is 2. The van der Waals surface area contributed by atoms with Crippen molar-refractivity contribution in [2.75, 3.05) is 11.5 Å². The highest BCUT2D eigenvalue weighted by Gasteiger charge is 2.19. The van der Waals surface area contributed by atoms with Crippen LogP contribution in [0.3, 0.4) is 0 Å². The summed E-state index contributed by atoms with van der Waals surface area (Å²) in [7, 11) is -3.59. The van der Waals surface area contributed by atoms with Crippen molar-refractivity contribution in [1.29, 1.82) is 0 Å². The van der Waals surface area contributed by atoms with Crippen LogP contribution in [0.2, 0.25) is 0 Å². The van der Waals surface area contributed by atoms with E-state index in [1.807, 2.05) is 0 Å². The van der Waals surface area contributed by atoms with Crippen molar-refractivity contribution in [3.63, 3.8) is 0 Å². The van der Waals surface area contributed by atoms with Gasteiger partial charge in [0.1, 0.15) is 0 Å². The molecule has 7 heteroatoms. The Kier molecular flexibility index (Phi) is 3.89. The van der Waals surface area contributed by atoms with Crippen molar-refractivity contribution in [3.8, 4) is 0 Å². The van der Waals surface area contributed by atoms with Crippen LogP contribution in [0.5, 0.6) is 0 Å². The van der Waals surface area contributed by atoms with Gasteiger partial charge in [-0.1, -0.05) is 0 Å². The fourth-order valence-corrected chi connectivity index (χ4v) is 4.30. The molecular weight excluding hydrogens is 396 g/mol. The normalized spacial score (nSPS) is 11.5. The highest BCUT2D eigenvalue weighted by Crippen LogP contribution is 2.33. The van der Waals surface area contributed by atoms with Gasteiger partial charge in [-0.3, -0.25) is 0 Å². The van der Waals surface area contributed by atoms with E-state index in [1.165, 1.54) is 24.3 Å². The van der Waals surface area contributed by atoms with Crippen LogP contribution in [0, 0.1) is 0 Å².